The molecule has 0 spiro atoms. The molecule has 0 saturated carbocycles. The second-order valence-electron chi connectivity index (χ2n) is 14.5. The molecule has 3 aliphatic rings. The third-order valence-electron chi connectivity index (χ3n) is 10.5. The average Bonchev–Trinajstić information content (AvgIpc) is 3.82. The first kappa shape index (κ1) is 43.8. The van der Waals surface area contributed by atoms with Crippen LogP contribution in [0, 0.1) is 5.92 Å². The second kappa shape index (κ2) is 18.3. The molecule has 16 heteroatoms. The normalized spacial score (nSPS) is 31.4. The van der Waals surface area contributed by atoms with Gasteiger partial charge in [-0.05, 0) is 57.6 Å². The molecule has 4 bridgehead atoms. The number of allylic oxidation sites excluding steroid dienone is 3. The van der Waals surface area contributed by atoms with Crippen molar-refractivity contribution >= 4 is 62.8 Å². The number of hydrogen-bond acceptors (Lipinski definition) is 12. The lowest BCUT2D eigenvalue weighted by Gasteiger charge is -2.42. The number of epoxide rings is 1. The van der Waals surface area contributed by atoms with Gasteiger partial charge in [0.2, 0.25) is 11.8 Å². The predicted octanol–water partition coefficient (Wildman–Crippen LogP) is 5.69. The molecule has 2 saturated heterocycles. The monoisotopic (exact) mass is 811 g/mol. The highest BCUT2D eigenvalue weighted by Crippen LogP contribution is 2.49. The van der Waals surface area contributed by atoms with E-state index in [-0.39, 0.29) is 35.4 Å². The average molecular weight is 812 g/mol. The minimum atomic E-state index is -1.82. The lowest BCUT2D eigenvalue weighted by molar-refractivity contribution is -0.162. The third-order valence-corrected chi connectivity index (χ3v) is 13.2. The number of ether oxygens (including phenoxy) is 5. The van der Waals surface area contributed by atoms with Gasteiger partial charge in [0.05, 0.1) is 25.3 Å². The molecule has 3 aliphatic heterocycles. The number of methoxy groups -OCH3 is 2. The summed E-state index contributed by atoms with van der Waals surface area (Å²) in [6, 6.07) is 2.63. The van der Waals surface area contributed by atoms with Gasteiger partial charge in [0.25, 0.3) is 0 Å². The van der Waals surface area contributed by atoms with Crippen molar-refractivity contribution in [2.24, 2.45) is 5.92 Å². The summed E-state index contributed by atoms with van der Waals surface area (Å²) in [6.07, 6.45) is 3.89. The standard InChI is InChI=1S/C38H54ClN3O10S2/c1-21-12-11-13-29(49-9)38(47)20-28(50-36(46)40-38)23(3)34-37(5,52-34)30(51-35(45)24(4)41(6)31(43)15-14-22(2)54-53-10)19-32(44)42(7)26-17-25(16-21)18-27(48-8)33(26)39/h11-13,17-18,22-24,28-30,34,47H,14-16,19-20H2,1-10H3,(H,40,46)/b13-11+,21-12+/t22?,23?,24-,28?,29?,30?,34?,37?,38?/m1/s1. The van der Waals surface area contributed by atoms with Crippen LogP contribution in [-0.4, -0.2) is 115 Å². The van der Waals surface area contributed by atoms with Gasteiger partial charge in [-0.25, -0.2) is 9.59 Å². The van der Waals surface area contributed by atoms with Gasteiger partial charge >= 0.3 is 12.1 Å². The van der Waals surface area contributed by atoms with E-state index in [0.29, 0.717) is 24.3 Å². The highest BCUT2D eigenvalue weighted by atomic mass is 35.5. The Morgan fingerprint density at radius 1 is 1.24 bits per heavy atom. The van der Waals surface area contributed by atoms with E-state index >= 15 is 0 Å². The number of anilines is 1. The van der Waals surface area contributed by atoms with Crippen molar-refractivity contribution in [3.05, 3.63) is 46.5 Å². The summed E-state index contributed by atoms with van der Waals surface area (Å²) in [4.78, 5) is 56.7. The van der Waals surface area contributed by atoms with Crippen LogP contribution in [0.15, 0.2) is 35.9 Å². The maximum absolute atomic E-state index is 14.2. The van der Waals surface area contributed by atoms with E-state index in [1.54, 1.807) is 73.8 Å². The molecule has 300 valence electrons. The minimum absolute atomic E-state index is 0.0460. The number of rotatable bonds is 10. The summed E-state index contributed by atoms with van der Waals surface area (Å²) in [6.45, 7) is 9.09. The van der Waals surface area contributed by atoms with Crippen molar-refractivity contribution in [3.63, 3.8) is 0 Å². The topological polar surface area (TPSA) is 156 Å². The first-order valence-electron chi connectivity index (χ1n) is 17.9. The van der Waals surface area contributed by atoms with Crippen LogP contribution >= 0.6 is 33.2 Å². The highest BCUT2D eigenvalue weighted by molar-refractivity contribution is 8.76. The maximum Gasteiger partial charge on any atom is 0.409 e. The molecule has 13 nitrogen and oxygen atoms in total. The number of esters is 1. The lowest BCUT2D eigenvalue weighted by atomic mass is 9.83. The number of likely N-dealkylation sites (N-methyl/N-ethyl adjacent to an activating group) is 1. The van der Waals surface area contributed by atoms with Crippen molar-refractivity contribution in [3.8, 4) is 5.75 Å². The number of amides is 3. The Hall–Kier alpha value is -2.95. The summed E-state index contributed by atoms with van der Waals surface area (Å²) < 4.78 is 29.3. The Balaban J connectivity index is 1.72. The molecular formula is C38H54ClN3O10S2. The van der Waals surface area contributed by atoms with E-state index in [1.807, 2.05) is 33.1 Å². The van der Waals surface area contributed by atoms with Gasteiger partial charge in [-0.15, -0.1) is 0 Å². The van der Waals surface area contributed by atoms with Crippen molar-refractivity contribution in [2.75, 3.05) is 39.5 Å². The van der Waals surface area contributed by atoms with Gasteiger partial charge < -0.3 is 38.6 Å². The Morgan fingerprint density at radius 3 is 2.59 bits per heavy atom. The third kappa shape index (κ3) is 10.1. The molecular weight excluding hydrogens is 758 g/mol. The van der Waals surface area contributed by atoms with E-state index in [9.17, 15) is 24.3 Å². The zero-order valence-corrected chi connectivity index (χ0v) is 35.1. The fraction of sp³-hybridized carbons (Fsp3) is 0.632. The Morgan fingerprint density at radius 2 is 1.94 bits per heavy atom. The molecule has 0 aliphatic carbocycles. The van der Waals surface area contributed by atoms with E-state index < -0.39 is 65.7 Å². The largest absolute Gasteiger partial charge is 0.495 e. The quantitative estimate of drug-likeness (QED) is 0.169. The molecule has 4 rings (SSSR count). The fourth-order valence-corrected chi connectivity index (χ4v) is 9.06. The van der Waals surface area contributed by atoms with Gasteiger partial charge in [-0.2, -0.15) is 0 Å². The first-order valence-corrected chi connectivity index (χ1v) is 20.9. The van der Waals surface area contributed by atoms with Crippen LogP contribution in [-0.2, 0) is 39.8 Å². The molecule has 0 radical (unpaired) electrons. The van der Waals surface area contributed by atoms with Crippen LogP contribution in [0.25, 0.3) is 0 Å². The predicted molar refractivity (Wildman–Crippen MR) is 211 cm³/mol. The SMILES string of the molecule is COc1cc2cc(c1Cl)N(C)C(=O)CC(OC(=O)[C@@H](C)N(C)C(=O)CCC(C)SSC)C1(C)OC1C(C)C1CC(O)(NC(=O)O1)C(OC)/C=C/C=C(\C)C2. The van der Waals surface area contributed by atoms with Gasteiger partial charge in [0.1, 0.15) is 40.7 Å². The van der Waals surface area contributed by atoms with Crippen LogP contribution < -0.4 is 15.0 Å². The summed E-state index contributed by atoms with van der Waals surface area (Å²) in [5.74, 6) is -1.48. The van der Waals surface area contributed by atoms with Crippen molar-refractivity contribution < 1.29 is 48.0 Å². The van der Waals surface area contributed by atoms with Crippen LogP contribution in [0.4, 0.5) is 10.5 Å². The number of carbonyl (C=O) groups is 4. The first-order chi connectivity index (χ1) is 25.4. The molecule has 2 fully saturated rings. The maximum atomic E-state index is 14.2. The number of fused-ring (bicyclic) bond motifs is 5. The zero-order chi connectivity index (χ0) is 40.1. The molecule has 3 amide bonds. The Labute approximate surface area is 331 Å². The van der Waals surface area contributed by atoms with Crippen LogP contribution in [0.3, 0.4) is 0 Å². The Bertz CT molecular complexity index is 1630. The van der Waals surface area contributed by atoms with E-state index in [2.05, 4.69) is 5.32 Å². The zero-order valence-electron chi connectivity index (χ0n) is 32.7. The van der Waals surface area contributed by atoms with Crippen LogP contribution in [0.1, 0.15) is 65.9 Å². The van der Waals surface area contributed by atoms with Gasteiger partial charge in [0.15, 0.2) is 5.72 Å². The molecule has 2 N–H and O–H groups in total. The molecule has 1 aromatic rings. The number of carbonyl (C=O) groups excluding carboxylic acids is 4. The second-order valence-corrected chi connectivity index (χ2v) is 17.8. The summed E-state index contributed by atoms with van der Waals surface area (Å²) in [5.41, 5.74) is -0.890. The Kier molecular flexibility index (Phi) is 14.9. The van der Waals surface area contributed by atoms with Crippen molar-refractivity contribution in [2.45, 2.75) is 114 Å². The molecule has 9 atom stereocenters. The van der Waals surface area contributed by atoms with Gasteiger partial charge in [0, 0.05) is 45.2 Å². The van der Waals surface area contributed by atoms with E-state index in [1.165, 1.54) is 24.0 Å². The van der Waals surface area contributed by atoms with Crippen molar-refractivity contribution in [1.82, 2.24) is 10.2 Å². The summed E-state index contributed by atoms with van der Waals surface area (Å²) in [7, 11) is 9.38. The van der Waals surface area contributed by atoms with Gasteiger partial charge in [-0.3, -0.25) is 14.9 Å². The number of benzene rings is 1. The number of nitrogens with zero attached hydrogens (tertiary/aromatic N) is 2. The minimum Gasteiger partial charge on any atom is -0.495 e. The molecule has 54 heavy (non-hydrogen) atoms. The number of halogens is 1. The smallest absolute Gasteiger partial charge is 0.409 e. The highest BCUT2D eigenvalue weighted by Gasteiger charge is 2.64. The summed E-state index contributed by atoms with van der Waals surface area (Å²) >= 11 is 6.77. The number of hydrogen-bond donors (Lipinski definition) is 2. The fourth-order valence-electron chi connectivity index (χ4n) is 6.93. The lowest BCUT2D eigenvalue weighted by Crippen LogP contribution is -2.63. The molecule has 3 heterocycles. The van der Waals surface area contributed by atoms with E-state index in [4.69, 9.17) is 35.3 Å². The van der Waals surface area contributed by atoms with E-state index in [0.717, 1.165) is 11.1 Å². The number of aliphatic hydroxyl groups is 1. The molecule has 8 unspecified atom stereocenters. The summed E-state index contributed by atoms with van der Waals surface area (Å²) in [5, 5.41) is 14.8. The van der Waals surface area contributed by atoms with Crippen LogP contribution in [0.5, 0.6) is 5.75 Å². The molecule has 0 aromatic heterocycles. The molecule has 1 aromatic carbocycles. The van der Waals surface area contributed by atoms with Gasteiger partial charge in [-0.1, -0.05) is 70.8 Å². The number of alkyl carbamates (subject to hydrolysis) is 1. The number of nitrogens with one attached hydrogen (secondary N) is 1. The van der Waals surface area contributed by atoms with Crippen LogP contribution in [0.2, 0.25) is 5.02 Å². The van der Waals surface area contributed by atoms with Crippen molar-refractivity contribution in [1.29, 1.82) is 0 Å².